The Kier molecular flexibility index (Phi) is 7.59. The van der Waals surface area contributed by atoms with Crippen molar-refractivity contribution in [1.82, 2.24) is 15.3 Å². The van der Waals surface area contributed by atoms with E-state index in [1.165, 1.54) is 12.1 Å². The van der Waals surface area contributed by atoms with Crippen molar-refractivity contribution < 1.29 is 14.0 Å². The number of benzene rings is 2. The van der Waals surface area contributed by atoms with Gasteiger partial charge in [-0.25, -0.2) is 4.39 Å². The molecule has 3 rings (SSSR count). The number of rotatable bonds is 9. The van der Waals surface area contributed by atoms with Crippen LogP contribution >= 0.6 is 0 Å². The molecule has 2 aromatic rings. The third-order valence-electron chi connectivity index (χ3n) is 4.83. The first-order valence-electron chi connectivity index (χ1n) is 9.39. The standard InChI is InChI=1S/C21H28FN3O2/c1-26-21-8-4-18(5-9-21)16-23-27-15-14-24-10-12-25(13-11-24)17-19-2-6-20(22)7-3-19/h2-9,23H,10-17H2,1H3. The maximum Gasteiger partial charge on any atom is 0.123 e. The highest BCUT2D eigenvalue weighted by Gasteiger charge is 2.16. The molecule has 0 saturated carbocycles. The smallest absolute Gasteiger partial charge is 0.123 e. The van der Waals surface area contributed by atoms with Gasteiger partial charge in [-0.3, -0.25) is 9.80 Å². The van der Waals surface area contributed by atoms with Gasteiger partial charge in [0.05, 0.1) is 13.7 Å². The van der Waals surface area contributed by atoms with Gasteiger partial charge < -0.3 is 9.57 Å². The summed E-state index contributed by atoms with van der Waals surface area (Å²) in [5.74, 6) is 0.683. The Hall–Kier alpha value is -1.99. The van der Waals surface area contributed by atoms with Crippen LogP contribution in [-0.4, -0.2) is 56.2 Å². The van der Waals surface area contributed by atoms with Gasteiger partial charge in [-0.05, 0) is 35.4 Å². The minimum absolute atomic E-state index is 0.177. The number of nitrogens with one attached hydrogen (secondary N) is 1. The van der Waals surface area contributed by atoms with Gasteiger partial charge in [-0.1, -0.05) is 24.3 Å². The molecule has 27 heavy (non-hydrogen) atoms. The van der Waals surface area contributed by atoms with Crippen LogP contribution < -0.4 is 10.2 Å². The molecular formula is C21H28FN3O2. The highest BCUT2D eigenvalue weighted by atomic mass is 19.1. The van der Waals surface area contributed by atoms with Crippen LogP contribution in [0.3, 0.4) is 0 Å². The SMILES string of the molecule is COc1ccc(CNOCCN2CCN(Cc3ccc(F)cc3)CC2)cc1. The summed E-state index contributed by atoms with van der Waals surface area (Å²) in [6.45, 7) is 7.25. The lowest BCUT2D eigenvalue weighted by Gasteiger charge is -2.34. The molecule has 1 saturated heterocycles. The van der Waals surface area contributed by atoms with Crippen LogP contribution in [0.1, 0.15) is 11.1 Å². The molecule has 2 aromatic carbocycles. The molecule has 0 amide bonds. The lowest BCUT2D eigenvalue weighted by atomic mass is 10.2. The van der Waals surface area contributed by atoms with Crippen LogP contribution in [-0.2, 0) is 17.9 Å². The summed E-state index contributed by atoms with van der Waals surface area (Å²) < 4.78 is 18.1. The van der Waals surface area contributed by atoms with Gasteiger partial charge in [0, 0.05) is 45.8 Å². The van der Waals surface area contributed by atoms with E-state index in [0.29, 0.717) is 13.2 Å². The fourth-order valence-corrected chi connectivity index (χ4v) is 3.14. The summed E-state index contributed by atoms with van der Waals surface area (Å²) in [4.78, 5) is 10.4. The summed E-state index contributed by atoms with van der Waals surface area (Å²) in [6.07, 6.45) is 0. The highest BCUT2D eigenvalue weighted by molar-refractivity contribution is 5.26. The van der Waals surface area contributed by atoms with Crippen molar-refractivity contribution in [3.63, 3.8) is 0 Å². The Labute approximate surface area is 160 Å². The lowest BCUT2D eigenvalue weighted by molar-refractivity contribution is 0.0133. The third kappa shape index (κ3) is 6.59. The molecule has 5 nitrogen and oxygen atoms in total. The molecule has 1 N–H and O–H groups in total. The Balaban J connectivity index is 1.26. The van der Waals surface area contributed by atoms with Gasteiger partial charge in [0.1, 0.15) is 11.6 Å². The van der Waals surface area contributed by atoms with Gasteiger partial charge in [0.25, 0.3) is 0 Å². The molecule has 0 aliphatic carbocycles. The monoisotopic (exact) mass is 373 g/mol. The first-order valence-corrected chi connectivity index (χ1v) is 9.39. The van der Waals surface area contributed by atoms with Gasteiger partial charge >= 0.3 is 0 Å². The van der Waals surface area contributed by atoms with E-state index in [-0.39, 0.29) is 5.82 Å². The number of methoxy groups -OCH3 is 1. The Morgan fingerprint density at radius 2 is 1.52 bits per heavy atom. The van der Waals surface area contributed by atoms with E-state index in [1.807, 2.05) is 36.4 Å². The highest BCUT2D eigenvalue weighted by Crippen LogP contribution is 2.11. The first kappa shape index (κ1) is 19.8. The van der Waals surface area contributed by atoms with E-state index in [1.54, 1.807) is 7.11 Å². The predicted molar refractivity (Wildman–Crippen MR) is 104 cm³/mol. The molecule has 1 aliphatic rings. The van der Waals surface area contributed by atoms with Crippen molar-refractivity contribution in [2.75, 3.05) is 46.4 Å². The summed E-state index contributed by atoms with van der Waals surface area (Å²) in [5, 5.41) is 0. The topological polar surface area (TPSA) is 37.0 Å². The molecule has 1 fully saturated rings. The van der Waals surface area contributed by atoms with E-state index >= 15 is 0 Å². The second-order valence-corrected chi connectivity index (χ2v) is 6.76. The molecular weight excluding hydrogens is 345 g/mol. The zero-order chi connectivity index (χ0) is 18.9. The van der Waals surface area contributed by atoms with Crippen molar-refractivity contribution in [3.8, 4) is 5.75 Å². The number of hydrogen-bond acceptors (Lipinski definition) is 5. The number of nitrogens with zero attached hydrogens (tertiary/aromatic N) is 2. The van der Waals surface area contributed by atoms with Crippen molar-refractivity contribution >= 4 is 0 Å². The van der Waals surface area contributed by atoms with Crippen LogP contribution in [0.25, 0.3) is 0 Å². The third-order valence-corrected chi connectivity index (χ3v) is 4.83. The normalized spacial score (nSPS) is 15.8. The minimum atomic E-state index is -0.177. The maximum atomic E-state index is 13.0. The molecule has 0 unspecified atom stereocenters. The molecule has 0 aromatic heterocycles. The first-order chi connectivity index (χ1) is 13.2. The minimum Gasteiger partial charge on any atom is -0.497 e. The zero-order valence-electron chi connectivity index (χ0n) is 15.9. The van der Waals surface area contributed by atoms with Crippen LogP contribution in [0.15, 0.2) is 48.5 Å². The largest absolute Gasteiger partial charge is 0.497 e. The van der Waals surface area contributed by atoms with E-state index in [9.17, 15) is 4.39 Å². The van der Waals surface area contributed by atoms with Crippen molar-refractivity contribution in [1.29, 1.82) is 0 Å². The van der Waals surface area contributed by atoms with E-state index in [4.69, 9.17) is 9.57 Å². The average Bonchev–Trinajstić information content (AvgIpc) is 2.71. The average molecular weight is 373 g/mol. The Bertz CT molecular complexity index is 671. The van der Waals surface area contributed by atoms with Crippen LogP contribution in [0.4, 0.5) is 4.39 Å². The molecule has 0 spiro atoms. The second-order valence-electron chi connectivity index (χ2n) is 6.76. The van der Waals surface area contributed by atoms with E-state index < -0.39 is 0 Å². The maximum absolute atomic E-state index is 13.0. The fraction of sp³-hybridized carbons (Fsp3) is 0.429. The molecule has 0 bridgehead atoms. The fourth-order valence-electron chi connectivity index (χ4n) is 3.14. The molecule has 1 heterocycles. The molecule has 1 aliphatic heterocycles. The quantitative estimate of drug-likeness (QED) is 0.540. The number of halogens is 1. The predicted octanol–water partition coefficient (Wildman–Crippen LogP) is 2.67. The molecule has 146 valence electrons. The Morgan fingerprint density at radius 1 is 0.889 bits per heavy atom. The van der Waals surface area contributed by atoms with Crippen LogP contribution in [0.5, 0.6) is 5.75 Å². The number of hydrogen-bond donors (Lipinski definition) is 1. The van der Waals surface area contributed by atoms with Crippen molar-refractivity contribution in [2.45, 2.75) is 13.1 Å². The molecule has 0 radical (unpaired) electrons. The number of hydroxylamine groups is 1. The number of ether oxygens (including phenoxy) is 1. The van der Waals surface area contributed by atoms with Gasteiger partial charge in [0.15, 0.2) is 0 Å². The van der Waals surface area contributed by atoms with Gasteiger partial charge in [-0.15, -0.1) is 0 Å². The Morgan fingerprint density at radius 3 is 2.19 bits per heavy atom. The summed E-state index contributed by atoms with van der Waals surface area (Å²) >= 11 is 0. The van der Waals surface area contributed by atoms with E-state index in [2.05, 4.69) is 15.3 Å². The van der Waals surface area contributed by atoms with E-state index in [0.717, 1.165) is 56.1 Å². The van der Waals surface area contributed by atoms with Crippen molar-refractivity contribution in [3.05, 3.63) is 65.5 Å². The summed E-state index contributed by atoms with van der Waals surface area (Å²) in [7, 11) is 1.67. The number of piperazine rings is 1. The zero-order valence-corrected chi connectivity index (χ0v) is 15.9. The lowest BCUT2D eigenvalue weighted by Crippen LogP contribution is -2.47. The van der Waals surface area contributed by atoms with Crippen LogP contribution in [0, 0.1) is 5.82 Å². The summed E-state index contributed by atoms with van der Waals surface area (Å²) in [6, 6.07) is 14.7. The van der Waals surface area contributed by atoms with Crippen LogP contribution in [0.2, 0.25) is 0 Å². The van der Waals surface area contributed by atoms with Gasteiger partial charge in [0.2, 0.25) is 0 Å². The van der Waals surface area contributed by atoms with Gasteiger partial charge in [-0.2, -0.15) is 5.48 Å². The van der Waals surface area contributed by atoms with Crippen molar-refractivity contribution in [2.24, 2.45) is 0 Å². The summed E-state index contributed by atoms with van der Waals surface area (Å²) in [5.41, 5.74) is 5.34. The molecule has 6 heteroatoms. The second kappa shape index (κ2) is 10.4. The molecule has 0 atom stereocenters.